The van der Waals surface area contributed by atoms with Gasteiger partial charge in [0.25, 0.3) is 5.91 Å². The molecule has 0 radical (unpaired) electrons. The van der Waals surface area contributed by atoms with Crippen LogP contribution < -0.4 is 5.32 Å². The first kappa shape index (κ1) is 10.3. The van der Waals surface area contributed by atoms with Crippen molar-refractivity contribution >= 4 is 38.7 Å². The molecular formula is C12H10N2O2S. The average molecular weight is 246 g/mol. The number of aromatic nitrogens is 1. The molecule has 0 saturated carbocycles. The molecule has 0 saturated heterocycles. The summed E-state index contributed by atoms with van der Waals surface area (Å²) >= 11 is 1.53. The van der Waals surface area contributed by atoms with Gasteiger partial charge in [0.1, 0.15) is 0 Å². The van der Waals surface area contributed by atoms with E-state index in [1.54, 1.807) is 5.51 Å². The lowest BCUT2D eigenvalue weighted by Gasteiger charge is -2.00. The van der Waals surface area contributed by atoms with Gasteiger partial charge in [0.15, 0.2) is 0 Å². The molecular weight excluding hydrogens is 236 g/mol. The molecule has 2 heterocycles. The summed E-state index contributed by atoms with van der Waals surface area (Å²) < 4.78 is 6.25. The number of ether oxygens (including phenoxy) is 1. The van der Waals surface area contributed by atoms with E-state index >= 15 is 0 Å². The molecule has 5 heteroatoms. The normalized spacial score (nSPS) is 16.3. The third-order valence-corrected chi connectivity index (χ3v) is 3.49. The molecule has 0 spiro atoms. The van der Waals surface area contributed by atoms with Crippen molar-refractivity contribution < 1.29 is 9.53 Å². The number of anilines is 1. The Labute approximate surface area is 102 Å². The van der Waals surface area contributed by atoms with E-state index in [1.807, 2.05) is 19.1 Å². The number of fused-ring (bicyclic) bond motifs is 3. The molecule has 0 atom stereocenters. The molecule has 86 valence electrons. The van der Waals surface area contributed by atoms with Gasteiger partial charge in [-0.05, 0) is 19.1 Å². The van der Waals surface area contributed by atoms with Gasteiger partial charge in [-0.3, -0.25) is 4.79 Å². The number of hydrogen-bond donors (Lipinski definition) is 1. The zero-order valence-corrected chi connectivity index (χ0v) is 10.0. The maximum Gasteiger partial charge on any atom is 0.259 e. The quantitative estimate of drug-likeness (QED) is 0.654. The predicted octanol–water partition coefficient (Wildman–Crippen LogP) is 2.63. The van der Waals surface area contributed by atoms with Crippen molar-refractivity contribution in [1.82, 2.24) is 4.98 Å². The number of thiazole rings is 1. The van der Waals surface area contributed by atoms with Crippen LogP contribution in [0.2, 0.25) is 0 Å². The molecule has 3 rings (SSSR count). The molecule has 1 aromatic heterocycles. The lowest BCUT2D eigenvalue weighted by molar-refractivity contribution is -0.110. The first-order valence-corrected chi connectivity index (χ1v) is 6.19. The van der Waals surface area contributed by atoms with Crippen LogP contribution >= 0.6 is 11.3 Å². The number of amides is 1. The standard InChI is InChI=1S/C12H10N2O2S/c1-2-16-5-7-10-8(14-12(7)15)3-4-9-11(10)17-6-13-9/h3-6H,2H2,1H3,(H,14,15). The Bertz CT molecular complexity index is 630. The van der Waals surface area contributed by atoms with Gasteiger partial charge in [-0.1, -0.05) is 0 Å². The highest BCUT2D eigenvalue weighted by molar-refractivity contribution is 7.17. The van der Waals surface area contributed by atoms with Crippen molar-refractivity contribution in [3.05, 3.63) is 29.5 Å². The predicted molar refractivity (Wildman–Crippen MR) is 67.9 cm³/mol. The van der Waals surface area contributed by atoms with Crippen molar-refractivity contribution in [3.63, 3.8) is 0 Å². The molecule has 1 N–H and O–H groups in total. The number of carbonyl (C=O) groups is 1. The van der Waals surface area contributed by atoms with Gasteiger partial charge in [-0.2, -0.15) is 0 Å². The first-order chi connectivity index (χ1) is 8.31. The van der Waals surface area contributed by atoms with Crippen LogP contribution in [0.15, 0.2) is 23.9 Å². The highest BCUT2D eigenvalue weighted by atomic mass is 32.1. The Balaban J connectivity index is 2.24. The number of hydrogen-bond acceptors (Lipinski definition) is 4. The SMILES string of the molecule is CCOC=C1C(=O)Nc2ccc3ncsc3c21. The molecule has 0 aliphatic carbocycles. The summed E-state index contributed by atoms with van der Waals surface area (Å²) in [4.78, 5) is 16.1. The van der Waals surface area contributed by atoms with Gasteiger partial charge in [-0.25, -0.2) is 4.98 Å². The average Bonchev–Trinajstić information content (AvgIpc) is 2.89. The molecule has 0 unspecified atom stereocenters. The van der Waals surface area contributed by atoms with E-state index in [9.17, 15) is 4.79 Å². The number of benzene rings is 1. The summed E-state index contributed by atoms with van der Waals surface area (Å²) in [5, 5.41) is 2.83. The summed E-state index contributed by atoms with van der Waals surface area (Å²) in [5.41, 5.74) is 5.01. The lowest BCUT2D eigenvalue weighted by atomic mass is 10.1. The maximum absolute atomic E-state index is 11.8. The van der Waals surface area contributed by atoms with Crippen LogP contribution in [0.25, 0.3) is 15.8 Å². The monoisotopic (exact) mass is 246 g/mol. The van der Waals surface area contributed by atoms with Crippen molar-refractivity contribution in [2.24, 2.45) is 0 Å². The smallest absolute Gasteiger partial charge is 0.259 e. The van der Waals surface area contributed by atoms with Crippen molar-refractivity contribution in [2.75, 3.05) is 11.9 Å². The fraction of sp³-hybridized carbons (Fsp3) is 0.167. The van der Waals surface area contributed by atoms with Gasteiger partial charge in [0.05, 0.1) is 39.9 Å². The maximum atomic E-state index is 11.8. The number of rotatable bonds is 2. The first-order valence-electron chi connectivity index (χ1n) is 5.31. The Morgan fingerprint density at radius 3 is 3.24 bits per heavy atom. The summed E-state index contributed by atoms with van der Waals surface area (Å²) in [5.74, 6) is -0.116. The molecule has 1 aliphatic heterocycles. The topological polar surface area (TPSA) is 51.2 Å². The molecule has 2 aromatic rings. The zero-order valence-electron chi connectivity index (χ0n) is 9.19. The zero-order chi connectivity index (χ0) is 11.8. The second-order valence-electron chi connectivity index (χ2n) is 3.63. The van der Waals surface area contributed by atoms with E-state index in [1.165, 1.54) is 17.6 Å². The van der Waals surface area contributed by atoms with Crippen LogP contribution in [0.5, 0.6) is 0 Å². The van der Waals surface area contributed by atoms with Crippen LogP contribution in [0.4, 0.5) is 5.69 Å². The van der Waals surface area contributed by atoms with Gasteiger partial charge in [-0.15, -0.1) is 11.3 Å². The fourth-order valence-corrected chi connectivity index (χ4v) is 2.73. The van der Waals surface area contributed by atoms with Crippen LogP contribution in [-0.2, 0) is 9.53 Å². The molecule has 17 heavy (non-hydrogen) atoms. The Kier molecular flexibility index (Phi) is 2.33. The van der Waals surface area contributed by atoms with Crippen LogP contribution in [0.1, 0.15) is 12.5 Å². The number of nitrogens with zero attached hydrogens (tertiary/aromatic N) is 1. The van der Waals surface area contributed by atoms with Crippen LogP contribution in [-0.4, -0.2) is 17.5 Å². The minimum absolute atomic E-state index is 0.116. The molecule has 0 bridgehead atoms. The molecule has 0 fully saturated rings. The third-order valence-electron chi connectivity index (χ3n) is 2.63. The Morgan fingerprint density at radius 1 is 1.53 bits per heavy atom. The van der Waals surface area contributed by atoms with Crippen molar-refractivity contribution in [3.8, 4) is 0 Å². The highest BCUT2D eigenvalue weighted by Gasteiger charge is 2.27. The summed E-state index contributed by atoms with van der Waals surface area (Å²) in [6, 6.07) is 3.79. The minimum atomic E-state index is -0.116. The van der Waals surface area contributed by atoms with Gasteiger partial charge in [0, 0.05) is 5.56 Å². The molecule has 1 aromatic carbocycles. The number of carbonyl (C=O) groups excluding carboxylic acids is 1. The van der Waals surface area contributed by atoms with Crippen LogP contribution in [0, 0.1) is 0 Å². The summed E-state index contributed by atoms with van der Waals surface area (Å²) in [6.07, 6.45) is 1.53. The van der Waals surface area contributed by atoms with E-state index in [0.717, 1.165) is 21.5 Å². The number of nitrogens with one attached hydrogen (secondary N) is 1. The second-order valence-corrected chi connectivity index (χ2v) is 4.48. The third kappa shape index (κ3) is 1.51. The summed E-state index contributed by atoms with van der Waals surface area (Å²) in [7, 11) is 0. The van der Waals surface area contributed by atoms with Crippen molar-refractivity contribution in [1.29, 1.82) is 0 Å². The summed E-state index contributed by atoms with van der Waals surface area (Å²) in [6.45, 7) is 2.43. The van der Waals surface area contributed by atoms with Gasteiger partial charge in [0.2, 0.25) is 0 Å². The highest BCUT2D eigenvalue weighted by Crippen LogP contribution is 2.39. The Morgan fingerprint density at radius 2 is 2.41 bits per heavy atom. The van der Waals surface area contributed by atoms with Crippen molar-refractivity contribution in [2.45, 2.75) is 6.92 Å². The minimum Gasteiger partial charge on any atom is -0.501 e. The van der Waals surface area contributed by atoms with E-state index in [0.29, 0.717) is 12.2 Å². The molecule has 1 aliphatic rings. The van der Waals surface area contributed by atoms with Gasteiger partial charge < -0.3 is 10.1 Å². The van der Waals surface area contributed by atoms with E-state index in [2.05, 4.69) is 10.3 Å². The van der Waals surface area contributed by atoms with E-state index in [-0.39, 0.29) is 5.91 Å². The molecule has 1 amide bonds. The second kappa shape index (κ2) is 3.85. The fourth-order valence-electron chi connectivity index (χ4n) is 1.88. The largest absolute Gasteiger partial charge is 0.501 e. The van der Waals surface area contributed by atoms with E-state index < -0.39 is 0 Å². The molecule has 4 nitrogen and oxygen atoms in total. The van der Waals surface area contributed by atoms with Crippen LogP contribution in [0.3, 0.4) is 0 Å². The van der Waals surface area contributed by atoms with E-state index in [4.69, 9.17) is 4.74 Å². The lowest BCUT2D eigenvalue weighted by Crippen LogP contribution is -2.04. The Hall–Kier alpha value is -1.88. The van der Waals surface area contributed by atoms with Gasteiger partial charge >= 0.3 is 0 Å².